The van der Waals surface area contributed by atoms with Crippen LogP contribution in [0.1, 0.15) is 37.7 Å². The highest BCUT2D eigenvalue weighted by molar-refractivity contribution is 8.77. The zero-order valence-electron chi connectivity index (χ0n) is 14.8. The van der Waals surface area contributed by atoms with Crippen LogP contribution in [0.2, 0.25) is 0 Å². The van der Waals surface area contributed by atoms with Gasteiger partial charge in [0.2, 0.25) is 5.91 Å². The smallest absolute Gasteiger partial charge is 0.416 e. The van der Waals surface area contributed by atoms with Crippen LogP contribution in [0.4, 0.5) is 13.2 Å². The Morgan fingerprint density at radius 2 is 2.04 bits per heavy atom. The number of halogens is 3. The van der Waals surface area contributed by atoms with Gasteiger partial charge in [-0.2, -0.15) is 13.2 Å². The number of aliphatic hydroxyl groups excluding tert-OH is 1. The van der Waals surface area contributed by atoms with Gasteiger partial charge in [-0.1, -0.05) is 28.0 Å². The molecule has 9 heteroatoms. The Labute approximate surface area is 165 Å². The van der Waals surface area contributed by atoms with Crippen LogP contribution in [0.15, 0.2) is 24.3 Å². The van der Waals surface area contributed by atoms with Gasteiger partial charge in [0, 0.05) is 24.0 Å². The molecule has 2 rings (SSSR count). The van der Waals surface area contributed by atoms with Crippen molar-refractivity contribution in [2.24, 2.45) is 0 Å². The number of benzene rings is 1. The number of unbranched alkanes of at least 4 members (excludes halogenated alkanes) is 1. The van der Waals surface area contributed by atoms with Gasteiger partial charge in [-0.05, 0) is 43.5 Å². The third-order valence-corrected chi connectivity index (χ3v) is 7.07. The van der Waals surface area contributed by atoms with Crippen molar-refractivity contribution in [3.05, 3.63) is 29.8 Å². The summed E-state index contributed by atoms with van der Waals surface area (Å²) in [5, 5.41) is 13.2. The van der Waals surface area contributed by atoms with Gasteiger partial charge in [0.25, 0.3) is 0 Å². The van der Waals surface area contributed by atoms with Gasteiger partial charge in [-0.15, -0.1) is 0 Å². The predicted octanol–water partition coefficient (Wildman–Crippen LogP) is 4.28. The zero-order chi connectivity index (χ0) is 19.7. The van der Waals surface area contributed by atoms with Gasteiger partial charge >= 0.3 is 6.18 Å². The molecule has 4 nitrogen and oxygen atoms in total. The summed E-state index contributed by atoms with van der Waals surface area (Å²) in [6.45, 7) is -0.0587. The van der Waals surface area contributed by atoms with Crippen molar-refractivity contribution in [1.29, 1.82) is 0 Å². The number of ether oxygens (including phenoxy) is 1. The molecule has 2 unspecified atom stereocenters. The molecule has 1 aliphatic rings. The molecule has 2 atom stereocenters. The molecule has 0 saturated carbocycles. The molecule has 27 heavy (non-hydrogen) atoms. The number of aliphatic hydroxyl groups is 1. The number of alkyl halides is 3. The molecule has 1 fully saturated rings. The standard InChI is InChI=1S/C18H24F3NO3S2/c19-18(20,21)13-5-7-15(8-6-13)25-12-14(23)11-22-17(24)4-2-1-3-16-9-10-26-27-16/h5-8,14,16,23H,1-4,9-12H2,(H,22,24). The summed E-state index contributed by atoms with van der Waals surface area (Å²) in [7, 11) is 3.84. The first-order valence-corrected chi connectivity index (χ1v) is 11.3. The van der Waals surface area contributed by atoms with Crippen LogP contribution in [0.3, 0.4) is 0 Å². The molecular formula is C18H24F3NO3S2. The van der Waals surface area contributed by atoms with E-state index in [4.69, 9.17) is 4.74 Å². The zero-order valence-corrected chi connectivity index (χ0v) is 16.5. The summed E-state index contributed by atoms with van der Waals surface area (Å²) in [5.74, 6) is 1.33. The number of hydrogen-bond acceptors (Lipinski definition) is 5. The number of rotatable bonds is 10. The Hall–Kier alpha value is -1.06. The van der Waals surface area contributed by atoms with Gasteiger partial charge < -0.3 is 15.2 Å². The minimum absolute atomic E-state index is 0.0502. The van der Waals surface area contributed by atoms with Gasteiger partial charge in [-0.3, -0.25) is 4.79 Å². The van der Waals surface area contributed by atoms with E-state index in [-0.39, 0.29) is 24.8 Å². The SMILES string of the molecule is O=C(CCCCC1CCSS1)NCC(O)COc1ccc(C(F)(F)F)cc1. The van der Waals surface area contributed by atoms with Gasteiger partial charge in [0.05, 0.1) is 5.56 Å². The van der Waals surface area contributed by atoms with E-state index in [1.165, 1.54) is 24.3 Å². The van der Waals surface area contributed by atoms with Crippen molar-refractivity contribution in [1.82, 2.24) is 5.32 Å². The van der Waals surface area contributed by atoms with Crippen molar-refractivity contribution >= 4 is 27.5 Å². The first kappa shape index (κ1) is 22.2. The third-order valence-electron chi connectivity index (χ3n) is 4.07. The maximum absolute atomic E-state index is 12.5. The number of hydrogen-bond donors (Lipinski definition) is 2. The minimum Gasteiger partial charge on any atom is -0.491 e. The highest BCUT2D eigenvalue weighted by atomic mass is 33.1. The lowest BCUT2D eigenvalue weighted by Gasteiger charge is -2.14. The van der Waals surface area contributed by atoms with Crippen molar-refractivity contribution in [3.63, 3.8) is 0 Å². The van der Waals surface area contributed by atoms with E-state index in [9.17, 15) is 23.1 Å². The lowest BCUT2D eigenvalue weighted by molar-refractivity contribution is -0.137. The van der Waals surface area contributed by atoms with Gasteiger partial charge in [-0.25, -0.2) is 0 Å². The second kappa shape index (κ2) is 11.1. The van der Waals surface area contributed by atoms with Crippen LogP contribution < -0.4 is 10.1 Å². The topological polar surface area (TPSA) is 58.6 Å². The first-order chi connectivity index (χ1) is 12.8. The molecule has 1 aromatic rings. The lowest BCUT2D eigenvalue weighted by atomic mass is 10.1. The molecule has 0 radical (unpaired) electrons. The first-order valence-electron chi connectivity index (χ1n) is 8.87. The number of carbonyl (C=O) groups excluding carboxylic acids is 1. The summed E-state index contributed by atoms with van der Waals surface area (Å²) in [4.78, 5) is 11.8. The molecule has 1 aliphatic heterocycles. The molecule has 0 aromatic heterocycles. The Balaban J connectivity index is 1.55. The van der Waals surface area contributed by atoms with E-state index in [1.807, 2.05) is 21.6 Å². The fourth-order valence-corrected chi connectivity index (χ4v) is 5.56. The fraction of sp³-hybridized carbons (Fsp3) is 0.611. The van der Waals surface area contributed by atoms with E-state index in [1.54, 1.807) is 0 Å². The Kier molecular flexibility index (Phi) is 9.11. The van der Waals surface area contributed by atoms with E-state index >= 15 is 0 Å². The molecule has 1 amide bonds. The number of carbonyl (C=O) groups is 1. The summed E-state index contributed by atoms with van der Waals surface area (Å²) < 4.78 is 42.7. The van der Waals surface area contributed by atoms with E-state index in [0.717, 1.165) is 31.4 Å². The summed E-state index contributed by atoms with van der Waals surface area (Å²) >= 11 is 0. The number of amides is 1. The quantitative estimate of drug-likeness (QED) is 0.435. The second-order valence-corrected chi connectivity index (χ2v) is 9.15. The lowest BCUT2D eigenvalue weighted by Crippen LogP contribution is -2.35. The van der Waals surface area contributed by atoms with Crippen molar-refractivity contribution in [2.75, 3.05) is 18.9 Å². The molecular weight excluding hydrogens is 399 g/mol. The Bertz CT molecular complexity index is 578. The normalized spacial score (nSPS) is 18.3. The molecule has 1 aromatic carbocycles. The third kappa shape index (κ3) is 8.66. The van der Waals surface area contributed by atoms with Crippen molar-refractivity contribution in [2.45, 2.75) is 49.6 Å². The largest absolute Gasteiger partial charge is 0.491 e. The molecule has 1 heterocycles. The van der Waals surface area contributed by atoms with Crippen LogP contribution in [0, 0.1) is 0 Å². The minimum atomic E-state index is -4.39. The van der Waals surface area contributed by atoms with E-state index in [0.29, 0.717) is 11.7 Å². The van der Waals surface area contributed by atoms with E-state index < -0.39 is 17.8 Å². The molecule has 2 N–H and O–H groups in total. The van der Waals surface area contributed by atoms with Crippen LogP contribution in [-0.2, 0) is 11.0 Å². The number of nitrogens with one attached hydrogen (secondary N) is 1. The molecule has 1 saturated heterocycles. The average molecular weight is 424 g/mol. The monoisotopic (exact) mass is 423 g/mol. The molecule has 152 valence electrons. The summed E-state index contributed by atoms with van der Waals surface area (Å²) in [6.07, 6.45) is -0.671. The van der Waals surface area contributed by atoms with Crippen molar-refractivity contribution in [3.8, 4) is 5.75 Å². The Morgan fingerprint density at radius 1 is 1.30 bits per heavy atom. The van der Waals surface area contributed by atoms with E-state index in [2.05, 4.69) is 5.32 Å². The van der Waals surface area contributed by atoms with Crippen LogP contribution in [0.5, 0.6) is 5.75 Å². The summed E-state index contributed by atoms with van der Waals surface area (Å²) in [6, 6.07) is 4.25. The summed E-state index contributed by atoms with van der Waals surface area (Å²) in [5.41, 5.74) is -0.757. The predicted molar refractivity (Wildman–Crippen MR) is 103 cm³/mol. The second-order valence-electron chi connectivity index (χ2n) is 6.37. The maximum Gasteiger partial charge on any atom is 0.416 e. The average Bonchev–Trinajstić information content (AvgIpc) is 3.15. The Morgan fingerprint density at radius 3 is 2.67 bits per heavy atom. The van der Waals surface area contributed by atoms with Crippen LogP contribution in [-0.4, -0.2) is 41.3 Å². The van der Waals surface area contributed by atoms with Crippen molar-refractivity contribution < 1.29 is 27.8 Å². The highest BCUT2D eigenvalue weighted by Gasteiger charge is 2.30. The molecule has 0 spiro atoms. The highest BCUT2D eigenvalue weighted by Crippen LogP contribution is 2.39. The van der Waals surface area contributed by atoms with Crippen LogP contribution in [0.25, 0.3) is 0 Å². The molecule has 0 bridgehead atoms. The maximum atomic E-state index is 12.5. The van der Waals surface area contributed by atoms with Gasteiger partial charge in [0.15, 0.2) is 0 Å². The van der Waals surface area contributed by atoms with Crippen LogP contribution >= 0.6 is 21.6 Å². The molecule has 0 aliphatic carbocycles. The fourth-order valence-electron chi connectivity index (χ4n) is 2.53. The van der Waals surface area contributed by atoms with Gasteiger partial charge in [0.1, 0.15) is 18.5 Å².